The van der Waals surface area contributed by atoms with Gasteiger partial charge in [0, 0.05) is 26.3 Å². The van der Waals surface area contributed by atoms with E-state index in [1.165, 1.54) is 19.5 Å². The Bertz CT molecular complexity index is 165. The van der Waals surface area contributed by atoms with Crippen molar-refractivity contribution in [3.63, 3.8) is 0 Å². The summed E-state index contributed by atoms with van der Waals surface area (Å²) in [6.07, 6.45) is 2.32. The van der Waals surface area contributed by atoms with E-state index in [-0.39, 0.29) is 0 Å². The fourth-order valence-electron chi connectivity index (χ4n) is 1.67. The summed E-state index contributed by atoms with van der Waals surface area (Å²) in [7, 11) is 8.21. The molecule has 0 aromatic rings. The molecule has 0 aromatic carbocycles. The SMILES string of the molecule is COCCCNCC(C)N(C)CCCN(C)C. The predicted molar refractivity (Wildman–Crippen MR) is 74.6 cm³/mol. The number of nitrogens with one attached hydrogen (secondary N) is 1. The monoisotopic (exact) mass is 245 g/mol. The molecular weight excluding hydrogens is 214 g/mol. The van der Waals surface area contributed by atoms with Crippen LogP contribution < -0.4 is 5.32 Å². The summed E-state index contributed by atoms with van der Waals surface area (Å²) in [5, 5.41) is 3.47. The Morgan fingerprint density at radius 2 is 1.82 bits per heavy atom. The van der Waals surface area contributed by atoms with E-state index >= 15 is 0 Å². The minimum Gasteiger partial charge on any atom is -0.385 e. The van der Waals surface area contributed by atoms with Crippen molar-refractivity contribution in [2.24, 2.45) is 0 Å². The highest BCUT2D eigenvalue weighted by Crippen LogP contribution is 1.96. The molecule has 0 heterocycles. The first-order valence-electron chi connectivity index (χ1n) is 6.62. The van der Waals surface area contributed by atoms with Crippen LogP contribution in [0.15, 0.2) is 0 Å². The summed E-state index contributed by atoms with van der Waals surface area (Å²) in [6, 6.07) is 0.597. The lowest BCUT2D eigenvalue weighted by Gasteiger charge is -2.25. The average Bonchev–Trinajstić information content (AvgIpc) is 2.27. The Kier molecular flexibility index (Phi) is 10.9. The van der Waals surface area contributed by atoms with Gasteiger partial charge in [-0.3, -0.25) is 0 Å². The molecule has 0 aromatic heterocycles. The van der Waals surface area contributed by atoms with Gasteiger partial charge in [0.2, 0.25) is 0 Å². The molecule has 0 saturated heterocycles. The van der Waals surface area contributed by atoms with Crippen LogP contribution in [0.2, 0.25) is 0 Å². The molecule has 0 spiro atoms. The van der Waals surface area contributed by atoms with Crippen LogP contribution in [0.5, 0.6) is 0 Å². The third-order valence-electron chi connectivity index (χ3n) is 3.01. The Morgan fingerprint density at radius 3 is 2.41 bits per heavy atom. The second-order valence-electron chi connectivity index (χ2n) is 5.04. The van der Waals surface area contributed by atoms with Gasteiger partial charge in [-0.2, -0.15) is 0 Å². The van der Waals surface area contributed by atoms with E-state index in [2.05, 4.69) is 43.2 Å². The van der Waals surface area contributed by atoms with Crippen molar-refractivity contribution >= 4 is 0 Å². The summed E-state index contributed by atoms with van der Waals surface area (Å²) in [4.78, 5) is 4.66. The highest BCUT2D eigenvalue weighted by atomic mass is 16.5. The zero-order valence-corrected chi connectivity index (χ0v) is 12.3. The molecule has 0 bridgehead atoms. The Hall–Kier alpha value is -0.160. The molecule has 0 aliphatic carbocycles. The van der Waals surface area contributed by atoms with Gasteiger partial charge in [0.05, 0.1) is 0 Å². The second kappa shape index (κ2) is 11.0. The van der Waals surface area contributed by atoms with Crippen molar-refractivity contribution < 1.29 is 4.74 Å². The fourth-order valence-corrected chi connectivity index (χ4v) is 1.67. The fraction of sp³-hybridized carbons (Fsp3) is 1.00. The van der Waals surface area contributed by atoms with E-state index in [1.807, 2.05) is 0 Å². The van der Waals surface area contributed by atoms with E-state index in [1.54, 1.807) is 7.11 Å². The van der Waals surface area contributed by atoms with Crippen LogP contribution >= 0.6 is 0 Å². The van der Waals surface area contributed by atoms with E-state index in [4.69, 9.17) is 4.74 Å². The Morgan fingerprint density at radius 1 is 1.12 bits per heavy atom. The van der Waals surface area contributed by atoms with Gasteiger partial charge in [-0.25, -0.2) is 0 Å². The van der Waals surface area contributed by atoms with Crippen molar-refractivity contribution in [3.05, 3.63) is 0 Å². The summed E-state index contributed by atoms with van der Waals surface area (Å²) in [5.74, 6) is 0. The molecule has 1 N–H and O–H groups in total. The molecule has 1 unspecified atom stereocenters. The Balaban J connectivity index is 3.43. The topological polar surface area (TPSA) is 27.7 Å². The van der Waals surface area contributed by atoms with Crippen molar-refractivity contribution in [1.29, 1.82) is 0 Å². The van der Waals surface area contributed by atoms with Crippen molar-refractivity contribution in [2.45, 2.75) is 25.8 Å². The number of hydrogen-bond acceptors (Lipinski definition) is 4. The maximum atomic E-state index is 5.02. The van der Waals surface area contributed by atoms with Gasteiger partial charge in [0.1, 0.15) is 0 Å². The van der Waals surface area contributed by atoms with Crippen LogP contribution in [0.3, 0.4) is 0 Å². The normalized spacial score (nSPS) is 13.6. The van der Waals surface area contributed by atoms with Crippen molar-refractivity contribution in [2.75, 3.05) is 61.0 Å². The third kappa shape index (κ3) is 10.7. The quantitative estimate of drug-likeness (QED) is 0.547. The molecule has 0 amide bonds. The molecule has 0 saturated carbocycles. The van der Waals surface area contributed by atoms with Crippen LogP contribution in [-0.2, 0) is 4.74 Å². The molecule has 0 aliphatic rings. The lowest BCUT2D eigenvalue weighted by atomic mass is 10.2. The highest BCUT2D eigenvalue weighted by Gasteiger charge is 2.07. The van der Waals surface area contributed by atoms with Crippen LogP contribution in [0.1, 0.15) is 19.8 Å². The van der Waals surface area contributed by atoms with E-state index in [0.29, 0.717) is 6.04 Å². The predicted octanol–water partition coefficient (Wildman–Crippen LogP) is 0.885. The smallest absolute Gasteiger partial charge is 0.0474 e. The maximum absolute atomic E-state index is 5.02. The molecule has 0 radical (unpaired) electrons. The Labute approximate surface area is 107 Å². The van der Waals surface area contributed by atoms with Gasteiger partial charge < -0.3 is 19.9 Å². The van der Waals surface area contributed by atoms with Gasteiger partial charge in [0.15, 0.2) is 0 Å². The first-order chi connectivity index (χ1) is 8.07. The van der Waals surface area contributed by atoms with E-state index < -0.39 is 0 Å². The maximum Gasteiger partial charge on any atom is 0.0474 e. The zero-order valence-electron chi connectivity index (χ0n) is 12.3. The second-order valence-corrected chi connectivity index (χ2v) is 5.04. The minimum absolute atomic E-state index is 0.597. The lowest BCUT2D eigenvalue weighted by Crippen LogP contribution is -2.39. The third-order valence-corrected chi connectivity index (χ3v) is 3.01. The lowest BCUT2D eigenvalue weighted by molar-refractivity contribution is 0.191. The number of ether oxygens (including phenoxy) is 1. The van der Waals surface area contributed by atoms with Gasteiger partial charge in [0.25, 0.3) is 0 Å². The van der Waals surface area contributed by atoms with Crippen LogP contribution in [0.25, 0.3) is 0 Å². The molecule has 0 aliphatic heterocycles. The number of hydrogen-bond donors (Lipinski definition) is 1. The number of nitrogens with zero attached hydrogens (tertiary/aromatic N) is 2. The largest absolute Gasteiger partial charge is 0.385 e. The molecule has 0 fully saturated rings. The van der Waals surface area contributed by atoms with Gasteiger partial charge in [-0.05, 0) is 60.5 Å². The summed E-state index contributed by atoms with van der Waals surface area (Å²) >= 11 is 0. The first kappa shape index (κ1) is 16.8. The zero-order chi connectivity index (χ0) is 13.1. The number of rotatable bonds is 11. The summed E-state index contributed by atoms with van der Waals surface area (Å²) < 4.78 is 5.02. The van der Waals surface area contributed by atoms with Crippen LogP contribution in [-0.4, -0.2) is 76.9 Å². The van der Waals surface area contributed by atoms with Crippen LogP contribution in [0.4, 0.5) is 0 Å². The molecule has 4 nitrogen and oxygen atoms in total. The molecule has 4 heteroatoms. The highest BCUT2D eigenvalue weighted by molar-refractivity contribution is 4.66. The minimum atomic E-state index is 0.597. The summed E-state index contributed by atoms with van der Waals surface area (Å²) in [5.41, 5.74) is 0. The van der Waals surface area contributed by atoms with Gasteiger partial charge in [-0.15, -0.1) is 0 Å². The molecule has 1 atom stereocenters. The van der Waals surface area contributed by atoms with E-state index in [0.717, 1.165) is 26.1 Å². The van der Waals surface area contributed by atoms with Crippen molar-refractivity contribution in [3.8, 4) is 0 Å². The van der Waals surface area contributed by atoms with E-state index in [9.17, 15) is 0 Å². The number of methoxy groups -OCH3 is 1. The van der Waals surface area contributed by atoms with Crippen molar-refractivity contribution in [1.82, 2.24) is 15.1 Å². The average molecular weight is 245 g/mol. The van der Waals surface area contributed by atoms with Crippen LogP contribution in [0, 0.1) is 0 Å². The van der Waals surface area contributed by atoms with Gasteiger partial charge in [-0.1, -0.05) is 0 Å². The molecule has 104 valence electrons. The first-order valence-corrected chi connectivity index (χ1v) is 6.62. The summed E-state index contributed by atoms with van der Waals surface area (Å²) in [6.45, 7) is 7.56. The molecular formula is C13H31N3O. The molecule has 0 rings (SSSR count). The molecule has 17 heavy (non-hydrogen) atoms. The standard InChI is InChI=1S/C13H31N3O/c1-13(12-14-8-6-11-17-5)16(4)10-7-9-15(2)3/h13-14H,6-12H2,1-5H3. The van der Waals surface area contributed by atoms with Gasteiger partial charge >= 0.3 is 0 Å². The number of likely N-dealkylation sites (N-methyl/N-ethyl adjacent to an activating group) is 1.